The minimum Gasteiger partial charge on any atom is -0.259 e. The highest BCUT2D eigenvalue weighted by Gasteiger charge is 2.21. The molecular formula is C14H18BFN2. The minimum atomic E-state index is -0.211. The van der Waals surface area contributed by atoms with E-state index in [-0.39, 0.29) is 11.4 Å². The van der Waals surface area contributed by atoms with E-state index in [1.54, 1.807) is 6.07 Å². The molecule has 0 radical (unpaired) electrons. The third-order valence-electron chi connectivity index (χ3n) is 3.04. The van der Waals surface area contributed by atoms with Gasteiger partial charge in [-0.3, -0.25) is 4.68 Å². The predicted octanol–water partition coefficient (Wildman–Crippen LogP) is 2.01. The highest BCUT2D eigenvalue weighted by Crippen LogP contribution is 2.27. The van der Waals surface area contributed by atoms with Crippen molar-refractivity contribution in [1.82, 2.24) is 9.78 Å². The standard InChI is InChI=1S/C14H18BFN2/c1-9-8-17-18(14(2,3)4)13(9)11-7-10(16)5-6-12(11)15/h5-8H,15H2,1-4H3. The van der Waals surface area contributed by atoms with E-state index >= 15 is 0 Å². The summed E-state index contributed by atoms with van der Waals surface area (Å²) in [5, 5.41) is 4.43. The molecule has 0 amide bonds. The van der Waals surface area contributed by atoms with Crippen molar-refractivity contribution in [2.75, 3.05) is 0 Å². The number of halogens is 1. The number of hydrogen-bond donors (Lipinski definition) is 0. The maximum Gasteiger partial charge on any atom is 0.140 e. The molecule has 1 heterocycles. The van der Waals surface area contributed by atoms with Crippen LogP contribution >= 0.6 is 0 Å². The maximum atomic E-state index is 13.5. The molecule has 0 bridgehead atoms. The Balaban J connectivity index is 2.71. The zero-order valence-corrected chi connectivity index (χ0v) is 11.6. The van der Waals surface area contributed by atoms with Crippen molar-refractivity contribution in [3.05, 3.63) is 35.8 Å². The average molecular weight is 244 g/mol. The fourth-order valence-electron chi connectivity index (χ4n) is 2.11. The van der Waals surface area contributed by atoms with Crippen molar-refractivity contribution in [3.8, 4) is 11.3 Å². The van der Waals surface area contributed by atoms with Crippen molar-refractivity contribution in [2.45, 2.75) is 33.2 Å². The van der Waals surface area contributed by atoms with Crippen molar-refractivity contribution >= 4 is 13.3 Å². The summed E-state index contributed by atoms with van der Waals surface area (Å²) in [6, 6.07) is 4.89. The molecule has 0 fully saturated rings. The van der Waals surface area contributed by atoms with Crippen molar-refractivity contribution in [3.63, 3.8) is 0 Å². The van der Waals surface area contributed by atoms with Gasteiger partial charge >= 0.3 is 0 Å². The highest BCUT2D eigenvalue weighted by atomic mass is 19.1. The quantitative estimate of drug-likeness (QED) is 0.701. The van der Waals surface area contributed by atoms with Crippen LogP contribution in [0.25, 0.3) is 11.3 Å². The molecule has 1 aromatic carbocycles. The fraction of sp³-hybridized carbons (Fsp3) is 0.357. The Kier molecular flexibility index (Phi) is 3.05. The zero-order valence-electron chi connectivity index (χ0n) is 11.6. The Morgan fingerprint density at radius 1 is 1.28 bits per heavy atom. The molecule has 0 aliphatic carbocycles. The van der Waals surface area contributed by atoms with Crippen LogP contribution in [-0.2, 0) is 5.54 Å². The van der Waals surface area contributed by atoms with Gasteiger partial charge < -0.3 is 0 Å². The van der Waals surface area contributed by atoms with E-state index < -0.39 is 0 Å². The second kappa shape index (κ2) is 4.27. The number of benzene rings is 1. The van der Waals surface area contributed by atoms with Crippen LogP contribution in [0.1, 0.15) is 26.3 Å². The van der Waals surface area contributed by atoms with Gasteiger partial charge in [0.15, 0.2) is 0 Å². The van der Waals surface area contributed by atoms with E-state index in [4.69, 9.17) is 0 Å². The Hall–Kier alpha value is -1.58. The molecule has 2 rings (SSSR count). The zero-order chi connectivity index (χ0) is 13.5. The minimum absolute atomic E-state index is 0.123. The van der Waals surface area contributed by atoms with E-state index in [1.165, 1.54) is 6.07 Å². The number of aryl methyl sites for hydroxylation is 1. The molecule has 4 heteroatoms. The molecule has 0 unspecified atom stereocenters. The van der Waals surface area contributed by atoms with E-state index in [0.717, 1.165) is 22.3 Å². The molecule has 94 valence electrons. The van der Waals surface area contributed by atoms with Gasteiger partial charge in [0.2, 0.25) is 0 Å². The summed E-state index contributed by atoms with van der Waals surface area (Å²) in [6.45, 7) is 8.29. The summed E-state index contributed by atoms with van der Waals surface area (Å²) in [7, 11) is 1.99. The first-order valence-electron chi connectivity index (χ1n) is 6.12. The summed E-state index contributed by atoms with van der Waals surface area (Å²) in [6.07, 6.45) is 1.84. The van der Waals surface area contributed by atoms with Crippen molar-refractivity contribution in [2.24, 2.45) is 0 Å². The average Bonchev–Trinajstić information content (AvgIpc) is 2.63. The Bertz CT molecular complexity index is 582. The molecule has 1 aromatic heterocycles. The topological polar surface area (TPSA) is 17.8 Å². The summed E-state index contributed by atoms with van der Waals surface area (Å²) in [4.78, 5) is 0. The number of aromatic nitrogens is 2. The van der Waals surface area contributed by atoms with Gasteiger partial charge in [-0.15, -0.1) is 0 Å². The third kappa shape index (κ3) is 2.19. The second-order valence-electron chi connectivity index (χ2n) is 5.72. The van der Waals surface area contributed by atoms with Crippen LogP contribution in [0.15, 0.2) is 24.4 Å². The Morgan fingerprint density at radius 2 is 1.94 bits per heavy atom. The molecule has 2 nitrogen and oxygen atoms in total. The predicted molar refractivity (Wildman–Crippen MR) is 75.5 cm³/mol. The molecule has 0 saturated heterocycles. The lowest BCUT2D eigenvalue weighted by atomic mass is 9.87. The van der Waals surface area contributed by atoms with Gasteiger partial charge in [-0.1, -0.05) is 11.5 Å². The maximum absolute atomic E-state index is 13.5. The normalized spacial score (nSPS) is 11.8. The molecule has 2 aromatic rings. The Morgan fingerprint density at radius 3 is 2.56 bits per heavy atom. The molecular weight excluding hydrogens is 226 g/mol. The largest absolute Gasteiger partial charge is 0.259 e. The van der Waals surface area contributed by atoms with Crippen LogP contribution in [0.5, 0.6) is 0 Å². The van der Waals surface area contributed by atoms with Gasteiger partial charge in [-0.25, -0.2) is 4.39 Å². The van der Waals surface area contributed by atoms with E-state index in [9.17, 15) is 4.39 Å². The molecule has 0 saturated carbocycles. The van der Waals surface area contributed by atoms with Gasteiger partial charge in [-0.05, 0) is 51.0 Å². The lowest BCUT2D eigenvalue weighted by Gasteiger charge is -2.23. The second-order valence-corrected chi connectivity index (χ2v) is 5.72. The summed E-state index contributed by atoms with van der Waals surface area (Å²) in [5.41, 5.74) is 3.92. The van der Waals surface area contributed by atoms with Gasteiger partial charge in [0.25, 0.3) is 0 Å². The molecule has 18 heavy (non-hydrogen) atoms. The highest BCUT2D eigenvalue weighted by molar-refractivity contribution is 6.35. The van der Waals surface area contributed by atoms with Crippen molar-refractivity contribution < 1.29 is 4.39 Å². The van der Waals surface area contributed by atoms with Crippen LogP contribution in [0.2, 0.25) is 0 Å². The SMILES string of the molecule is Bc1ccc(F)cc1-c1c(C)cnn1C(C)(C)C. The lowest BCUT2D eigenvalue weighted by Crippen LogP contribution is -2.25. The third-order valence-corrected chi connectivity index (χ3v) is 3.04. The molecule has 0 atom stereocenters. The number of rotatable bonds is 1. The summed E-state index contributed by atoms with van der Waals surface area (Å²) >= 11 is 0. The molecule has 0 aliphatic rings. The van der Waals surface area contributed by atoms with E-state index in [0.29, 0.717) is 0 Å². The summed E-state index contributed by atoms with van der Waals surface area (Å²) < 4.78 is 15.4. The molecule has 0 N–H and O–H groups in total. The number of nitrogens with zero attached hydrogens (tertiary/aromatic N) is 2. The van der Waals surface area contributed by atoms with Crippen LogP contribution < -0.4 is 5.46 Å². The first-order valence-corrected chi connectivity index (χ1v) is 6.12. The van der Waals surface area contributed by atoms with Gasteiger partial charge in [0.1, 0.15) is 13.7 Å². The Labute approximate surface area is 108 Å². The lowest BCUT2D eigenvalue weighted by molar-refractivity contribution is 0.360. The summed E-state index contributed by atoms with van der Waals surface area (Å²) in [5.74, 6) is -0.211. The smallest absolute Gasteiger partial charge is 0.140 e. The van der Waals surface area contributed by atoms with Crippen LogP contribution in [-0.4, -0.2) is 17.6 Å². The first kappa shape index (κ1) is 12.9. The van der Waals surface area contributed by atoms with E-state index in [1.807, 2.05) is 31.7 Å². The fourth-order valence-corrected chi connectivity index (χ4v) is 2.11. The van der Waals surface area contributed by atoms with Crippen LogP contribution in [0.3, 0.4) is 0 Å². The number of hydrogen-bond acceptors (Lipinski definition) is 1. The van der Waals surface area contributed by atoms with E-state index in [2.05, 4.69) is 25.9 Å². The van der Waals surface area contributed by atoms with Crippen LogP contribution in [0.4, 0.5) is 4.39 Å². The molecule has 0 aliphatic heterocycles. The van der Waals surface area contributed by atoms with Gasteiger partial charge in [-0.2, -0.15) is 5.10 Å². The first-order chi connectivity index (χ1) is 8.30. The van der Waals surface area contributed by atoms with Crippen molar-refractivity contribution in [1.29, 1.82) is 0 Å². The van der Waals surface area contributed by atoms with Gasteiger partial charge in [0, 0.05) is 0 Å². The monoisotopic (exact) mass is 244 g/mol. The molecule has 0 spiro atoms. The van der Waals surface area contributed by atoms with Gasteiger partial charge in [0.05, 0.1) is 17.4 Å². The van der Waals surface area contributed by atoms with Crippen LogP contribution in [0, 0.1) is 12.7 Å².